The van der Waals surface area contributed by atoms with Gasteiger partial charge in [0, 0.05) is 13.2 Å². The molecule has 1 aromatic carbocycles. The molecule has 0 saturated heterocycles. The van der Waals surface area contributed by atoms with Gasteiger partial charge in [-0.2, -0.15) is 18.2 Å². The number of anilines is 3. The molecule has 0 aliphatic heterocycles. The van der Waals surface area contributed by atoms with Crippen molar-refractivity contribution in [3.8, 4) is 0 Å². The molecule has 0 atom stereocenters. The van der Waals surface area contributed by atoms with Gasteiger partial charge in [0.25, 0.3) is 5.56 Å². The van der Waals surface area contributed by atoms with Crippen molar-refractivity contribution in [1.29, 1.82) is 0 Å². The normalized spacial score (nSPS) is 11.5. The zero-order valence-electron chi connectivity index (χ0n) is 12.4. The first-order valence-electron chi connectivity index (χ1n) is 6.90. The second-order valence-electron chi connectivity index (χ2n) is 4.88. The number of para-hydroxylation sites is 1. The van der Waals surface area contributed by atoms with Gasteiger partial charge in [-0.05, 0) is 18.2 Å². The number of nitrogens with one attached hydrogen (secondary N) is 3. The van der Waals surface area contributed by atoms with E-state index in [1.54, 1.807) is 13.1 Å². The summed E-state index contributed by atoms with van der Waals surface area (Å²) in [6, 6.07) is 6.52. The number of fused-ring (bicyclic) bond motifs is 1. The Labute approximate surface area is 133 Å². The average Bonchev–Trinajstić information content (AvgIpc) is 2.54. The first-order chi connectivity index (χ1) is 11.4. The molecular weight excluding hydrogens is 323 g/mol. The second kappa shape index (κ2) is 5.84. The van der Waals surface area contributed by atoms with Crippen molar-refractivity contribution in [1.82, 2.24) is 15.0 Å². The van der Waals surface area contributed by atoms with Crippen LogP contribution in [0.5, 0.6) is 0 Å². The quantitative estimate of drug-likeness (QED) is 0.685. The first kappa shape index (κ1) is 15.8. The number of rotatable bonds is 3. The Morgan fingerprint density at radius 3 is 2.58 bits per heavy atom. The van der Waals surface area contributed by atoms with E-state index in [1.807, 2.05) is 0 Å². The first-order valence-corrected chi connectivity index (χ1v) is 6.90. The van der Waals surface area contributed by atoms with Crippen LogP contribution in [0.15, 0.2) is 41.3 Å². The third kappa shape index (κ3) is 2.87. The summed E-state index contributed by atoms with van der Waals surface area (Å²) >= 11 is 0. The van der Waals surface area contributed by atoms with Gasteiger partial charge in [0.2, 0.25) is 5.95 Å². The van der Waals surface area contributed by atoms with Crippen molar-refractivity contribution < 1.29 is 13.2 Å². The Bertz CT molecular complexity index is 952. The van der Waals surface area contributed by atoms with Crippen LogP contribution in [0.4, 0.5) is 30.6 Å². The minimum absolute atomic E-state index is 0.0112. The molecule has 3 aromatic rings. The molecule has 0 saturated carbocycles. The van der Waals surface area contributed by atoms with Crippen molar-refractivity contribution in [2.24, 2.45) is 0 Å². The lowest BCUT2D eigenvalue weighted by Gasteiger charge is -2.15. The maximum atomic E-state index is 13.1. The van der Waals surface area contributed by atoms with E-state index in [4.69, 9.17) is 0 Å². The number of benzene rings is 1. The average molecular weight is 335 g/mol. The fourth-order valence-corrected chi connectivity index (χ4v) is 2.26. The van der Waals surface area contributed by atoms with Crippen LogP contribution in [-0.2, 0) is 6.18 Å². The highest BCUT2D eigenvalue weighted by Gasteiger charge is 2.33. The number of hydrogen-bond donors (Lipinski definition) is 3. The summed E-state index contributed by atoms with van der Waals surface area (Å²) in [6.45, 7) is 0. The van der Waals surface area contributed by atoms with E-state index in [0.29, 0.717) is 5.52 Å². The molecule has 0 amide bonds. The minimum atomic E-state index is -4.54. The van der Waals surface area contributed by atoms with Crippen LogP contribution in [0.2, 0.25) is 0 Å². The minimum Gasteiger partial charge on any atom is -0.357 e. The van der Waals surface area contributed by atoms with E-state index >= 15 is 0 Å². The maximum absolute atomic E-state index is 13.1. The summed E-state index contributed by atoms with van der Waals surface area (Å²) in [7, 11) is 1.57. The van der Waals surface area contributed by atoms with E-state index < -0.39 is 17.3 Å². The summed E-state index contributed by atoms with van der Waals surface area (Å²) in [6.07, 6.45) is -3.13. The van der Waals surface area contributed by atoms with Crippen LogP contribution >= 0.6 is 0 Å². The van der Waals surface area contributed by atoms with Crippen molar-refractivity contribution >= 4 is 28.4 Å². The molecule has 6 nitrogen and oxygen atoms in total. The van der Waals surface area contributed by atoms with Crippen LogP contribution in [0.25, 0.3) is 10.9 Å². The van der Waals surface area contributed by atoms with Gasteiger partial charge in [-0.25, -0.2) is 4.98 Å². The topological polar surface area (TPSA) is 82.7 Å². The zero-order chi connectivity index (χ0) is 17.3. The molecule has 24 heavy (non-hydrogen) atoms. The second-order valence-corrected chi connectivity index (χ2v) is 4.88. The SMILES string of the molecule is CNc1nc(Nc2ccccc2C(F)(F)F)c2c(=O)[nH]ccc2n1. The van der Waals surface area contributed by atoms with Gasteiger partial charge < -0.3 is 15.6 Å². The zero-order valence-corrected chi connectivity index (χ0v) is 12.4. The summed E-state index contributed by atoms with van der Waals surface area (Å²) < 4.78 is 39.4. The Hall–Kier alpha value is -3.10. The van der Waals surface area contributed by atoms with Crippen LogP contribution < -0.4 is 16.2 Å². The molecule has 2 aromatic heterocycles. The number of aromatic nitrogens is 3. The molecule has 124 valence electrons. The third-order valence-electron chi connectivity index (χ3n) is 3.33. The van der Waals surface area contributed by atoms with Crippen molar-refractivity contribution in [3.63, 3.8) is 0 Å². The van der Waals surface area contributed by atoms with Gasteiger partial charge in [0.15, 0.2) is 0 Å². The largest absolute Gasteiger partial charge is 0.418 e. The predicted octanol–water partition coefficient (Wildman–Crippen LogP) is 3.12. The Kier molecular flexibility index (Phi) is 3.84. The van der Waals surface area contributed by atoms with E-state index in [9.17, 15) is 18.0 Å². The summed E-state index contributed by atoms with van der Waals surface area (Å²) in [5.41, 5.74) is -1.24. The van der Waals surface area contributed by atoms with E-state index in [-0.39, 0.29) is 22.8 Å². The van der Waals surface area contributed by atoms with Crippen LogP contribution in [-0.4, -0.2) is 22.0 Å². The molecule has 0 aliphatic carbocycles. The van der Waals surface area contributed by atoms with Gasteiger partial charge in [-0.1, -0.05) is 12.1 Å². The molecule has 0 unspecified atom stereocenters. The summed E-state index contributed by atoms with van der Waals surface area (Å²) in [4.78, 5) is 22.7. The number of aromatic amines is 1. The molecule has 3 N–H and O–H groups in total. The fraction of sp³-hybridized carbons (Fsp3) is 0.133. The number of nitrogens with zero attached hydrogens (tertiary/aromatic N) is 2. The molecule has 0 spiro atoms. The maximum Gasteiger partial charge on any atom is 0.418 e. The van der Waals surface area contributed by atoms with E-state index in [2.05, 4.69) is 25.6 Å². The fourth-order valence-electron chi connectivity index (χ4n) is 2.26. The number of pyridine rings is 1. The molecule has 0 radical (unpaired) electrons. The van der Waals surface area contributed by atoms with Crippen LogP contribution in [0.1, 0.15) is 5.56 Å². The third-order valence-corrected chi connectivity index (χ3v) is 3.33. The standard InChI is InChI=1S/C15H12F3N5O/c1-19-14-22-10-6-7-20-13(24)11(10)12(23-14)21-9-5-3-2-4-8(9)15(16,17)18/h2-7H,1H3,(H,20,24)(H2,19,21,22,23). The van der Waals surface area contributed by atoms with Crippen LogP contribution in [0, 0.1) is 0 Å². The molecule has 3 rings (SSSR count). The highest BCUT2D eigenvalue weighted by Crippen LogP contribution is 2.36. The van der Waals surface area contributed by atoms with Crippen molar-refractivity contribution in [2.75, 3.05) is 17.7 Å². The molecular formula is C15H12F3N5O. The number of hydrogen-bond acceptors (Lipinski definition) is 5. The molecule has 0 bridgehead atoms. The highest BCUT2D eigenvalue weighted by atomic mass is 19.4. The summed E-state index contributed by atoms with van der Waals surface area (Å²) in [5, 5.41) is 5.40. The molecule has 2 heterocycles. The van der Waals surface area contributed by atoms with Crippen molar-refractivity contribution in [2.45, 2.75) is 6.18 Å². The predicted molar refractivity (Wildman–Crippen MR) is 84.4 cm³/mol. The van der Waals surface area contributed by atoms with E-state index in [0.717, 1.165) is 6.07 Å². The van der Waals surface area contributed by atoms with Gasteiger partial charge in [0.05, 0.1) is 16.8 Å². The number of H-pyrrole nitrogens is 1. The number of halogens is 3. The molecule has 0 aliphatic rings. The Morgan fingerprint density at radius 2 is 1.88 bits per heavy atom. The lowest BCUT2D eigenvalue weighted by Crippen LogP contribution is -2.13. The monoisotopic (exact) mass is 335 g/mol. The lowest BCUT2D eigenvalue weighted by atomic mass is 10.1. The van der Waals surface area contributed by atoms with Gasteiger partial charge in [0.1, 0.15) is 11.2 Å². The van der Waals surface area contributed by atoms with Crippen LogP contribution in [0.3, 0.4) is 0 Å². The van der Waals surface area contributed by atoms with Gasteiger partial charge >= 0.3 is 6.18 Å². The van der Waals surface area contributed by atoms with Gasteiger partial charge in [-0.3, -0.25) is 4.79 Å². The number of alkyl halides is 3. The Morgan fingerprint density at radius 1 is 1.12 bits per heavy atom. The Balaban J connectivity index is 2.20. The van der Waals surface area contributed by atoms with Crippen molar-refractivity contribution in [3.05, 3.63) is 52.4 Å². The summed E-state index contributed by atoms with van der Waals surface area (Å²) in [5.74, 6) is 0.169. The van der Waals surface area contributed by atoms with Gasteiger partial charge in [-0.15, -0.1) is 0 Å². The highest BCUT2D eigenvalue weighted by molar-refractivity contribution is 5.91. The smallest absolute Gasteiger partial charge is 0.357 e. The van der Waals surface area contributed by atoms with E-state index in [1.165, 1.54) is 24.4 Å². The lowest BCUT2D eigenvalue weighted by molar-refractivity contribution is -0.136. The molecule has 0 fully saturated rings. The molecule has 9 heteroatoms.